The smallest absolute Gasteiger partial charge is 0.0734 e. The van der Waals surface area contributed by atoms with E-state index >= 15 is 0 Å². The van der Waals surface area contributed by atoms with E-state index in [-0.39, 0.29) is 10.8 Å². The van der Waals surface area contributed by atoms with E-state index in [4.69, 9.17) is 0 Å². The number of hydrogen-bond acceptors (Lipinski definition) is 1. The van der Waals surface area contributed by atoms with Gasteiger partial charge in [-0.05, 0) is 102 Å². The minimum absolute atomic E-state index is 0.0206. The zero-order valence-electron chi connectivity index (χ0n) is 38.3. The standard InChI is InChI=1S/C64H55N/c1-61(2,3)44-36-40-48(41-37-44)63(46-22-10-7-11-23-46)55-32-19-17-29-53(55)59-56(63)33-21-34-57(59)65(50-26-14-9-15-27-50)58-35-20-30-52-51-28-16-18-31-54(51)64(60(52)58,47-24-12-8-13-25-47)49-42-38-45(39-43-49)62(4,5)6/h7-43H,1-6H3. The number of benzene rings is 9. The molecule has 0 bridgehead atoms. The summed E-state index contributed by atoms with van der Waals surface area (Å²) in [5.74, 6) is 0. The van der Waals surface area contributed by atoms with Crippen molar-refractivity contribution >= 4 is 17.1 Å². The van der Waals surface area contributed by atoms with Gasteiger partial charge in [-0.2, -0.15) is 0 Å². The molecule has 0 amide bonds. The predicted molar refractivity (Wildman–Crippen MR) is 273 cm³/mol. The molecule has 2 unspecified atom stereocenters. The molecule has 0 radical (unpaired) electrons. The van der Waals surface area contributed by atoms with E-state index in [1.807, 2.05) is 0 Å². The third-order valence-electron chi connectivity index (χ3n) is 14.4. The van der Waals surface area contributed by atoms with Gasteiger partial charge in [0.25, 0.3) is 0 Å². The molecule has 2 atom stereocenters. The molecule has 0 aromatic heterocycles. The van der Waals surface area contributed by atoms with Gasteiger partial charge in [-0.3, -0.25) is 0 Å². The Labute approximate surface area is 385 Å². The molecule has 9 aromatic carbocycles. The lowest BCUT2D eigenvalue weighted by Gasteiger charge is -2.39. The van der Waals surface area contributed by atoms with Gasteiger partial charge in [0.05, 0.1) is 22.2 Å². The summed E-state index contributed by atoms with van der Waals surface area (Å²) in [5.41, 5.74) is 20.2. The molecule has 0 fully saturated rings. The highest BCUT2D eigenvalue weighted by molar-refractivity contribution is 6.00. The summed E-state index contributed by atoms with van der Waals surface area (Å²) in [6.07, 6.45) is 0. The SMILES string of the molecule is CC(C)(C)c1ccc(C2(c3ccccc3)c3ccccc3-c3c(N(c4ccccc4)c4cccc5c4C(c4ccccc4)(c4ccc(C(C)(C)C)cc4)c4ccccc4-5)cccc32)cc1. The van der Waals surface area contributed by atoms with E-state index in [9.17, 15) is 0 Å². The Morgan fingerprint density at radius 1 is 0.308 bits per heavy atom. The number of fused-ring (bicyclic) bond motifs is 6. The minimum Gasteiger partial charge on any atom is -0.310 e. The molecule has 65 heavy (non-hydrogen) atoms. The minimum atomic E-state index is -0.619. The van der Waals surface area contributed by atoms with Crippen LogP contribution in [0.2, 0.25) is 0 Å². The van der Waals surface area contributed by atoms with Gasteiger partial charge in [0.2, 0.25) is 0 Å². The van der Waals surface area contributed by atoms with Crippen molar-refractivity contribution in [2.24, 2.45) is 0 Å². The quantitative estimate of drug-likeness (QED) is 0.155. The maximum absolute atomic E-state index is 2.57. The second-order valence-corrected chi connectivity index (χ2v) is 20.0. The summed E-state index contributed by atoms with van der Waals surface area (Å²) in [4.78, 5) is 2.57. The number of nitrogens with zero attached hydrogens (tertiary/aromatic N) is 1. The van der Waals surface area contributed by atoms with Crippen molar-refractivity contribution in [1.82, 2.24) is 0 Å². The Morgan fingerprint density at radius 2 is 0.708 bits per heavy atom. The van der Waals surface area contributed by atoms with E-state index in [1.165, 1.54) is 77.9 Å². The lowest BCUT2D eigenvalue weighted by molar-refractivity contribution is 0.589. The first-order valence-corrected chi connectivity index (χ1v) is 23.2. The van der Waals surface area contributed by atoms with Crippen LogP contribution in [0, 0.1) is 0 Å². The second-order valence-electron chi connectivity index (χ2n) is 20.0. The van der Waals surface area contributed by atoms with Crippen LogP contribution in [0.15, 0.2) is 224 Å². The molecule has 2 aliphatic carbocycles. The molecule has 0 spiro atoms. The summed E-state index contributed by atoms with van der Waals surface area (Å²) in [6.45, 7) is 13.8. The first-order valence-electron chi connectivity index (χ1n) is 23.2. The molecule has 316 valence electrons. The van der Waals surface area contributed by atoms with Crippen molar-refractivity contribution in [2.45, 2.75) is 63.2 Å². The molecule has 0 saturated carbocycles. The van der Waals surface area contributed by atoms with Gasteiger partial charge >= 0.3 is 0 Å². The topological polar surface area (TPSA) is 3.24 Å². The van der Waals surface area contributed by atoms with Gasteiger partial charge in [0.15, 0.2) is 0 Å². The average molecular weight is 838 g/mol. The molecule has 2 aliphatic rings. The highest BCUT2D eigenvalue weighted by Crippen LogP contribution is 2.63. The van der Waals surface area contributed by atoms with Gasteiger partial charge in [0, 0.05) is 16.8 Å². The van der Waals surface area contributed by atoms with E-state index in [1.54, 1.807) is 0 Å². The van der Waals surface area contributed by atoms with Crippen LogP contribution in [0.1, 0.15) is 97.2 Å². The van der Waals surface area contributed by atoms with Gasteiger partial charge in [0.1, 0.15) is 0 Å². The summed E-state index contributed by atoms with van der Waals surface area (Å²) < 4.78 is 0. The maximum Gasteiger partial charge on any atom is 0.0734 e. The summed E-state index contributed by atoms with van der Waals surface area (Å²) in [7, 11) is 0. The van der Waals surface area contributed by atoms with Crippen LogP contribution >= 0.6 is 0 Å². The van der Waals surface area contributed by atoms with E-state index < -0.39 is 10.8 Å². The molecule has 0 heterocycles. The highest BCUT2D eigenvalue weighted by Gasteiger charge is 2.50. The zero-order valence-corrected chi connectivity index (χ0v) is 38.3. The zero-order chi connectivity index (χ0) is 44.6. The predicted octanol–water partition coefficient (Wildman–Crippen LogP) is 16.5. The van der Waals surface area contributed by atoms with Gasteiger partial charge < -0.3 is 4.90 Å². The molecule has 0 saturated heterocycles. The fourth-order valence-corrected chi connectivity index (χ4v) is 11.4. The molecule has 0 aliphatic heterocycles. The molecule has 1 nitrogen and oxygen atoms in total. The van der Waals surface area contributed by atoms with Crippen LogP contribution in [-0.4, -0.2) is 0 Å². The van der Waals surface area contributed by atoms with Crippen LogP contribution in [0.3, 0.4) is 0 Å². The Kier molecular flexibility index (Phi) is 9.49. The van der Waals surface area contributed by atoms with Crippen molar-refractivity contribution in [3.05, 3.63) is 280 Å². The third kappa shape index (κ3) is 6.13. The molecular formula is C64H55N. The van der Waals surface area contributed by atoms with Crippen LogP contribution in [0.5, 0.6) is 0 Å². The maximum atomic E-state index is 2.57. The summed E-state index contributed by atoms with van der Waals surface area (Å²) >= 11 is 0. The normalized spacial score (nSPS) is 17.2. The third-order valence-corrected chi connectivity index (χ3v) is 14.4. The van der Waals surface area contributed by atoms with Crippen molar-refractivity contribution in [2.75, 3.05) is 4.90 Å². The molecule has 1 heteroatoms. The molecule has 9 aromatic rings. The average Bonchev–Trinajstić information content (AvgIpc) is 3.82. The monoisotopic (exact) mass is 837 g/mol. The van der Waals surface area contributed by atoms with Crippen LogP contribution in [0.25, 0.3) is 22.3 Å². The van der Waals surface area contributed by atoms with Gasteiger partial charge in [-0.25, -0.2) is 0 Å². The molecule has 0 N–H and O–H groups in total. The number of rotatable bonds is 7. The fourth-order valence-electron chi connectivity index (χ4n) is 11.4. The Balaban J connectivity index is 1.25. The Bertz CT molecular complexity index is 3190. The fraction of sp³-hybridized carbons (Fsp3) is 0.156. The largest absolute Gasteiger partial charge is 0.310 e. The number of anilines is 3. The van der Waals surface area contributed by atoms with Crippen LogP contribution < -0.4 is 4.90 Å². The van der Waals surface area contributed by atoms with Crippen LogP contribution in [0.4, 0.5) is 17.1 Å². The Hall–Kier alpha value is -7.22. The summed E-state index contributed by atoms with van der Waals surface area (Å²) in [6, 6.07) is 84.8. The van der Waals surface area contributed by atoms with Crippen molar-refractivity contribution in [3.63, 3.8) is 0 Å². The number of para-hydroxylation sites is 1. The van der Waals surface area contributed by atoms with Gasteiger partial charge in [-0.15, -0.1) is 0 Å². The first kappa shape index (κ1) is 40.5. The Morgan fingerprint density at radius 3 is 1.28 bits per heavy atom. The van der Waals surface area contributed by atoms with E-state index in [0.717, 1.165) is 17.1 Å². The van der Waals surface area contributed by atoms with Crippen molar-refractivity contribution in [1.29, 1.82) is 0 Å². The van der Waals surface area contributed by atoms with Crippen molar-refractivity contribution < 1.29 is 0 Å². The second kappa shape index (κ2) is 15.2. The lowest BCUT2D eigenvalue weighted by Crippen LogP contribution is -2.31. The van der Waals surface area contributed by atoms with E-state index in [0.29, 0.717) is 0 Å². The van der Waals surface area contributed by atoms with Crippen molar-refractivity contribution in [3.8, 4) is 22.3 Å². The first-order chi connectivity index (χ1) is 31.5. The summed E-state index contributed by atoms with van der Waals surface area (Å²) in [5, 5.41) is 0. The van der Waals surface area contributed by atoms with E-state index in [2.05, 4.69) is 271 Å². The molecule has 11 rings (SSSR count). The van der Waals surface area contributed by atoms with Crippen LogP contribution in [-0.2, 0) is 21.7 Å². The molecular weight excluding hydrogens is 783 g/mol. The van der Waals surface area contributed by atoms with Gasteiger partial charge in [-0.1, -0.05) is 242 Å². The number of hydrogen-bond donors (Lipinski definition) is 0. The lowest BCUT2D eigenvalue weighted by atomic mass is 9.66. The highest BCUT2D eigenvalue weighted by atomic mass is 15.2.